The highest BCUT2D eigenvalue weighted by Gasteiger charge is 2.43. The minimum Gasteiger partial charge on any atom is -0.498 e. The van der Waals surface area contributed by atoms with E-state index in [1.807, 2.05) is 0 Å². The fraction of sp³-hybridized carbons (Fsp3) is 0.400. The van der Waals surface area contributed by atoms with Gasteiger partial charge in [0.15, 0.2) is 0 Å². The Bertz CT molecular complexity index is 1630. The van der Waals surface area contributed by atoms with Crippen LogP contribution in [-0.4, -0.2) is 91.9 Å². The third-order valence-electron chi connectivity index (χ3n) is 8.16. The number of carbonyl (C=O) groups excluding carboxylic acids is 1. The molecule has 238 valence electrons. The molecule has 3 aliphatic heterocycles. The van der Waals surface area contributed by atoms with Gasteiger partial charge in [-0.25, -0.2) is 9.38 Å². The number of halogens is 1. The van der Waals surface area contributed by atoms with E-state index in [4.69, 9.17) is 31.3 Å². The van der Waals surface area contributed by atoms with E-state index in [0.29, 0.717) is 34.6 Å². The van der Waals surface area contributed by atoms with E-state index in [9.17, 15) is 15.2 Å². The zero-order valence-corrected chi connectivity index (χ0v) is 26.1. The molecule has 3 heterocycles. The van der Waals surface area contributed by atoms with Crippen LogP contribution in [0.5, 0.6) is 0 Å². The fourth-order valence-electron chi connectivity index (χ4n) is 5.90. The first-order valence-electron chi connectivity index (χ1n) is 14.3. The van der Waals surface area contributed by atoms with Gasteiger partial charge in [-0.2, -0.15) is 5.26 Å². The van der Waals surface area contributed by atoms with Crippen molar-refractivity contribution in [2.24, 2.45) is 22.4 Å². The molecule has 1 fully saturated rings. The highest BCUT2D eigenvalue weighted by Crippen LogP contribution is 2.47. The number of likely N-dealkylation sites (N-methyl/N-ethyl adjacent to an activating group) is 1. The Morgan fingerprint density at radius 1 is 1.44 bits per heavy atom. The van der Waals surface area contributed by atoms with Crippen LogP contribution in [0.4, 0.5) is 4.39 Å². The number of rotatable bonds is 9. The Balaban J connectivity index is 1.66. The van der Waals surface area contributed by atoms with E-state index < -0.39 is 24.0 Å². The number of nitrogens with one attached hydrogen (secondary N) is 3. The normalized spacial score (nSPS) is 21.4. The predicted molar refractivity (Wildman–Crippen MR) is 168 cm³/mol. The molecule has 3 unspecified atom stereocenters. The monoisotopic (exact) mass is 637 g/mol. The number of hydrogen-bond acceptors (Lipinski definition) is 12. The number of thioether (sulfide) groups is 1. The number of aliphatic hydroxyl groups excluding tert-OH is 1. The lowest BCUT2D eigenvalue weighted by molar-refractivity contribution is -0.131. The van der Waals surface area contributed by atoms with E-state index in [0.717, 1.165) is 52.9 Å². The summed E-state index contributed by atoms with van der Waals surface area (Å²) in [5.74, 6) is 0.403. The minimum absolute atomic E-state index is 0.0640. The van der Waals surface area contributed by atoms with E-state index >= 15 is 4.39 Å². The molecule has 0 aromatic heterocycles. The van der Waals surface area contributed by atoms with Crippen molar-refractivity contribution in [1.29, 1.82) is 10.7 Å². The summed E-state index contributed by atoms with van der Waals surface area (Å²) in [7, 11) is 2.93. The number of aliphatic hydroxyl groups is 1. The first-order valence-corrected chi connectivity index (χ1v) is 15.1. The van der Waals surface area contributed by atoms with Gasteiger partial charge in [-0.1, -0.05) is 25.3 Å². The number of fused-ring (bicyclic) bond motifs is 2. The van der Waals surface area contributed by atoms with Crippen LogP contribution in [0.1, 0.15) is 24.5 Å². The van der Waals surface area contributed by atoms with Crippen molar-refractivity contribution in [2.75, 3.05) is 47.0 Å². The molecule has 0 bridgehead atoms. The highest BCUT2D eigenvalue weighted by molar-refractivity contribution is 8.03. The molecule has 8 N–H and O–H groups in total. The second-order valence-corrected chi connectivity index (χ2v) is 12.3. The average Bonchev–Trinajstić information content (AvgIpc) is 3.68. The fourth-order valence-corrected chi connectivity index (χ4v) is 6.58. The van der Waals surface area contributed by atoms with Gasteiger partial charge in [0.05, 0.1) is 42.4 Å². The third-order valence-corrected chi connectivity index (χ3v) is 9.02. The number of ether oxygens (including phenoxy) is 2. The molecule has 5 rings (SSSR count). The first-order chi connectivity index (χ1) is 21.5. The van der Waals surface area contributed by atoms with Gasteiger partial charge in [0.1, 0.15) is 35.3 Å². The molecule has 1 aliphatic carbocycles. The second kappa shape index (κ2) is 12.8. The molecule has 0 saturated carbocycles. The lowest BCUT2D eigenvalue weighted by Gasteiger charge is -2.37. The van der Waals surface area contributed by atoms with Crippen molar-refractivity contribution in [1.82, 2.24) is 20.4 Å². The number of aliphatic imine (C=N–C) groups is 1. The molecule has 13 nitrogen and oxygen atoms in total. The van der Waals surface area contributed by atoms with Crippen LogP contribution in [0.25, 0.3) is 5.57 Å². The molecule has 0 spiro atoms. The topological polar surface area (TPSA) is 198 Å². The van der Waals surface area contributed by atoms with Crippen LogP contribution in [-0.2, 0) is 14.3 Å². The van der Waals surface area contributed by atoms with Gasteiger partial charge in [0, 0.05) is 36.8 Å². The van der Waals surface area contributed by atoms with Gasteiger partial charge in [-0.3, -0.25) is 10.2 Å². The van der Waals surface area contributed by atoms with Crippen LogP contribution < -0.4 is 22.1 Å². The number of amidine groups is 1. The zero-order chi connectivity index (χ0) is 32.6. The molecule has 45 heavy (non-hydrogen) atoms. The minimum atomic E-state index is -1.66. The second-order valence-electron chi connectivity index (χ2n) is 11.2. The van der Waals surface area contributed by atoms with E-state index in [1.165, 1.54) is 20.2 Å². The van der Waals surface area contributed by atoms with Crippen molar-refractivity contribution >= 4 is 35.0 Å². The number of hydrogen-bond donors (Lipinski definition) is 6. The van der Waals surface area contributed by atoms with Crippen molar-refractivity contribution in [3.63, 3.8) is 0 Å². The zero-order valence-electron chi connectivity index (χ0n) is 25.2. The van der Waals surface area contributed by atoms with E-state index in [-0.39, 0.29) is 41.1 Å². The van der Waals surface area contributed by atoms with Crippen molar-refractivity contribution < 1.29 is 23.8 Å². The average molecular weight is 638 g/mol. The molecular weight excluding hydrogens is 601 g/mol. The summed E-state index contributed by atoms with van der Waals surface area (Å²) in [5, 5.41) is 35.6. The summed E-state index contributed by atoms with van der Waals surface area (Å²) < 4.78 is 27.0. The molecule has 1 saturated heterocycles. The van der Waals surface area contributed by atoms with Crippen LogP contribution in [0.3, 0.4) is 0 Å². The van der Waals surface area contributed by atoms with Crippen LogP contribution >= 0.6 is 11.8 Å². The maximum Gasteiger partial charge on any atom is 0.267 e. The first kappa shape index (κ1) is 31.9. The molecule has 1 aromatic rings. The maximum atomic E-state index is 15.0. The third kappa shape index (κ3) is 5.96. The number of amides is 1. The molecular formula is C30H36FN9O4S. The SMILES string of the molecule is C=C(N)Sc1c(F)ccc(C2=C(OC)C3N=C(N4CCC(C)C4)NC(NCC(=N)N(C)C(O)C(N)=O)=C3C3=C2COC3)c1C#N. The van der Waals surface area contributed by atoms with Gasteiger partial charge < -0.3 is 46.5 Å². The molecule has 4 aliphatic rings. The maximum absolute atomic E-state index is 15.0. The van der Waals surface area contributed by atoms with E-state index in [2.05, 4.69) is 35.1 Å². The summed E-state index contributed by atoms with van der Waals surface area (Å²) >= 11 is 0.885. The highest BCUT2D eigenvalue weighted by atomic mass is 32.2. The number of likely N-dealkylation sites (tertiary alicyclic amines) is 1. The Morgan fingerprint density at radius 2 is 2.18 bits per heavy atom. The number of benzene rings is 1. The summed E-state index contributed by atoms with van der Waals surface area (Å²) in [6, 6.07) is 4.32. The molecule has 3 atom stereocenters. The van der Waals surface area contributed by atoms with Crippen LogP contribution in [0.2, 0.25) is 0 Å². The smallest absolute Gasteiger partial charge is 0.267 e. The Morgan fingerprint density at radius 3 is 2.80 bits per heavy atom. The Hall–Kier alpha value is -4.52. The summed E-state index contributed by atoms with van der Waals surface area (Å²) in [5.41, 5.74) is 14.5. The van der Waals surface area contributed by atoms with Gasteiger partial charge in [0.2, 0.25) is 12.2 Å². The molecule has 1 amide bonds. The number of primary amides is 1. The summed E-state index contributed by atoms with van der Waals surface area (Å²) in [4.78, 5) is 19.9. The number of guanidine groups is 1. The van der Waals surface area contributed by atoms with Gasteiger partial charge in [-0.05, 0) is 35.6 Å². The van der Waals surface area contributed by atoms with Crippen LogP contribution in [0, 0.1) is 28.5 Å². The number of nitriles is 1. The van der Waals surface area contributed by atoms with Crippen molar-refractivity contribution in [3.05, 3.63) is 69.0 Å². The quantitative estimate of drug-likeness (QED) is 0.0981. The van der Waals surface area contributed by atoms with Crippen molar-refractivity contribution in [2.45, 2.75) is 30.5 Å². The standard InChI is InChI=1S/C30H36FN9O4S/c1-14-7-8-40(11-14)30-37-24-23(28(38-30)36-10-21(34)39(3)29(42)27(35)41)19-13-44-12-18(19)22(25(24)43-4)16-5-6-20(31)26(17(16)9-32)45-15(2)33/h5-6,14,24,29,34,36,42H,2,7-8,10-13,33H2,1,3-4H3,(H2,35,41)(H,37,38). The van der Waals surface area contributed by atoms with Crippen LogP contribution in [0.15, 0.2) is 61.9 Å². The number of carbonyl (C=O) groups is 1. The van der Waals surface area contributed by atoms with Gasteiger partial charge in [-0.15, -0.1) is 0 Å². The van der Waals surface area contributed by atoms with E-state index in [1.54, 1.807) is 6.07 Å². The molecule has 15 heteroatoms. The van der Waals surface area contributed by atoms with Crippen molar-refractivity contribution in [3.8, 4) is 6.07 Å². The van der Waals surface area contributed by atoms with Gasteiger partial charge in [0.25, 0.3) is 5.91 Å². The lowest BCUT2D eigenvalue weighted by atomic mass is 9.80. The largest absolute Gasteiger partial charge is 0.498 e. The lowest BCUT2D eigenvalue weighted by Crippen LogP contribution is -2.51. The molecule has 1 aromatic carbocycles. The predicted octanol–water partition coefficient (Wildman–Crippen LogP) is 1.10. The Kier molecular flexibility index (Phi) is 9.10. The van der Waals surface area contributed by atoms with Gasteiger partial charge >= 0.3 is 0 Å². The number of nitrogens with zero attached hydrogens (tertiary/aromatic N) is 4. The number of methoxy groups -OCH3 is 1. The summed E-state index contributed by atoms with van der Waals surface area (Å²) in [6.45, 7) is 7.77. The number of nitrogens with two attached hydrogens (primary N) is 2. The Labute approximate surface area is 264 Å². The summed E-state index contributed by atoms with van der Waals surface area (Å²) in [6.07, 6.45) is -0.671. The molecule has 0 radical (unpaired) electrons.